The molecule has 0 aliphatic carbocycles. The van der Waals surface area contributed by atoms with Crippen molar-refractivity contribution in [2.45, 2.75) is 13.0 Å². The molecule has 0 saturated heterocycles. The van der Waals surface area contributed by atoms with E-state index in [1.54, 1.807) is 6.07 Å². The topological polar surface area (TPSA) is 47.6 Å². The van der Waals surface area contributed by atoms with Crippen molar-refractivity contribution < 1.29 is 14.3 Å². The Morgan fingerprint density at radius 3 is 2.76 bits per heavy atom. The van der Waals surface area contributed by atoms with Crippen LogP contribution in [0.25, 0.3) is 0 Å². The first-order valence-corrected chi connectivity index (χ1v) is 7.39. The van der Waals surface area contributed by atoms with Gasteiger partial charge in [-0.05, 0) is 52.7 Å². The van der Waals surface area contributed by atoms with Gasteiger partial charge in [0.25, 0.3) is 5.91 Å². The maximum absolute atomic E-state index is 12.3. The lowest BCUT2D eigenvalue weighted by atomic mass is 10.1. The standard InChI is InChI=1S/C16H14BrNO3/c1-10(11-6-7-14-15(8-11)21-9-20-14)18-16(19)12-4-2-3-5-13(12)17/h2-8,10H,9H2,1H3,(H,18,19)/t10-/m1/s1. The monoisotopic (exact) mass is 347 g/mol. The van der Waals surface area contributed by atoms with E-state index in [1.807, 2.05) is 43.3 Å². The summed E-state index contributed by atoms with van der Waals surface area (Å²) in [5.74, 6) is 1.34. The van der Waals surface area contributed by atoms with Crippen LogP contribution in [0.15, 0.2) is 46.9 Å². The minimum atomic E-state index is -0.126. The Bertz CT molecular complexity index is 687. The van der Waals surface area contributed by atoms with Gasteiger partial charge in [0, 0.05) is 4.47 Å². The lowest BCUT2D eigenvalue weighted by molar-refractivity contribution is 0.0939. The molecule has 1 aliphatic heterocycles. The van der Waals surface area contributed by atoms with Crippen LogP contribution in [-0.4, -0.2) is 12.7 Å². The number of rotatable bonds is 3. The minimum Gasteiger partial charge on any atom is -0.454 e. The van der Waals surface area contributed by atoms with Crippen molar-refractivity contribution in [3.63, 3.8) is 0 Å². The number of carbonyl (C=O) groups excluding carboxylic acids is 1. The Hall–Kier alpha value is -2.01. The molecule has 1 amide bonds. The SMILES string of the molecule is C[C@@H](NC(=O)c1ccccc1Br)c1ccc2c(c1)OCO2. The molecule has 0 saturated carbocycles. The third-order valence-electron chi connectivity index (χ3n) is 3.36. The molecule has 2 aromatic rings. The van der Waals surface area contributed by atoms with Crippen LogP contribution >= 0.6 is 15.9 Å². The predicted molar refractivity (Wildman–Crippen MR) is 82.6 cm³/mol. The normalized spacial score (nSPS) is 13.8. The number of hydrogen-bond acceptors (Lipinski definition) is 3. The van der Waals surface area contributed by atoms with Crippen LogP contribution in [-0.2, 0) is 0 Å². The van der Waals surface area contributed by atoms with Gasteiger partial charge < -0.3 is 14.8 Å². The van der Waals surface area contributed by atoms with Gasteiger partial charge in [0.2, 0.25) is 6.79 Å². The third-order valence-corrected chi connectivity index (χ3v) is 4.05. The molecule has 2 aromatic carbocycles. The van der Waals surface area contributed by atoms with Crippen molar-refractivity contribution in [3.8, 4) is 11.5 Å². The van der Waals surface area contributed by atoms with E-state index in [-0.39, 0.29) is 18.7 Å². The van der Waals surface area contributed by atoms with Crippen LogP contribution in [0, 0.1) is 0 Å². The predicted octanol–water partition coefficient (Wildman–Crippen LogP) is 3.67. The van der Waals surface area contributed by atoms with E-state index < -0.39 is 0 Å². The number of fused-ring (bicyclic) bond motifs is 1. The number of carbonyl (C=O) groups is 1. The molecule has 0 fully saturated rings. The molecule has 1 N–H and O–H groups in total. The second kappa shape index (κ2) is 5.77. The van der Waals surface area contributed by atoms with Gasteiger partial charge in [0.1, 0.15) is 0 Å². The van der Waals surface area contributed by atoms with Gasteiger partial charge >= 0.3 is 0 Å². The van der Waals surface area contributed by atoms with Crippen molar-refractivity contribution in [1.29, 1.82) is 0 Å². The molecule has 1 atom stereocenters. The van der Waals surface area contributed by atoms with Gasteiger partial charge in [-0.25, -0.2) is 0 Å². The van der Waals surface area contributed by atoms with Crippen molar-refractivity contribution in [2.24, 2.45) is 0 Å². The molecule has 0 aromatic heterocycles. The number of amides is 1. The van der Waals surface area contributed by atoms with Crippen molar-refractivity contribution in [1.82, 2.24) is 5.32 Å². The minimum absolute atomic E-state index is 0.118. The van der Waals surface area contributed by atoms with E-state index in [9.17, 15) is 4.79 Å². The van der Waals surface area contributed by atoms with E-state index in [0.717, 1.165) is 21.5 Å². The molecule has 108 valence electrons. The molecular weight excluding hydrogens is 334 g/mol. The van der Waals surface area contributed by atoms with E-state index >= 15 is 0 Å². The van der Waals surface area contributed by atoms with Crippen LogP contribution in [0.2, 0.25) is 0 Å². The number of hydrogen-bond donors (Lipinski definition) is 1. The molecule has 0 radical (unpaired) electrons. The van der Waals surface area contributed by atoms with Gasteiger partial charge in [0.15, 0.2) is 11.5 Å². The fraction of sp³-hybridized carbons (Fsp3) is 0.188. The van der Waals surface area contributed by atoms with Crippen LogP contribution in [0.3, 0.4) is 0 Å². The Labute approximate surface area is 131 Å². The second-order valence-electron chi connectivity index (χ2n) is 4.79. The fourth-order valence-electron chi connectivity index (χ4n) is 2.19. The first-order chi connectivity index (χ1) is 10.1. The zero-order chi connectivity index (χ0) is 14.8. The second-order valence-corrected chi connectivity index (χ2v) is 5.64. The Morgan fingerprint density at radius 1 is 1.19 bits per heavy atom. The molecule has 0 bridgehead atoms. The molecular formula is C16H14BrNO3. The number of benzene rings is 2. The maximum Gasteiger partial charge on any atom is 0.252 e. The summed E-state index contributed by atoms with van der Waals surface area (Å²) in [7, 11) is 0. The highest BCUT2D eigenvalue weighted by Crippen LogP contribution is 2.34. The largest absolute Gasteiger partial charge is 0.454 e. The van der Waals surface area contributed by atoms with E-state index in [1.165, 1.54) is 0 Å². The van der Waals surface area contributed by atoms with Crippen molar-refractivity contribution in [2.75, 3.05) is 6.79 Å². The zero-order valence-corrected chi connectivity index (χ0v) is 13.0. The summed E-state index contributed by atoms with van der Waals surface area (Å²) < 4.78 is 11.4. The van der Waals surface area contributed by atoms with Gasteiger partial charge in [-0.3, -0.25) is 4.79 Å². The summed E-state index contributed by atoms with van der Waals surface area (Å²) in [6.07, 6.45) is 0. The molecule has 0 unspecified atom stereocenters. The van der Waals surface area contributed by atoms with E-state index in [4.69, 9.17) is 9.47 Å². The molecule has 4 nitrogen and oxygen atoms in total. The lowest BCUT2D eigenvalue weighted by Gasteiger charge is -2.15. The average molecular weight is 348 g/mol. The quantitative estimate of drug-likeness (QED) is 0.921. The van der Waals surface area contributed by atoms with Crippen molar-refractivity contribution in [3.05, 3.63) is 58.1 Å². The summed E-state index contributed by atoms with van der Waals surface area (Å²) in [5.41, 5.74) is 1.59. The van der Waals surface area contributed by atoms with E-state index in [0.29, 0.717) is 5.56 Å². The molecule has 3 rings (SSSR count). The third kappa shape index (κ3) is 2.88. The van der Waals surface area contributed by atoms with Crippen LogP contribution in [0.4, 0.5) is 0 Å². The maximum atomic E-state index is 12.3. The first kappa shape index (κ1) is 13.9. The molecule has 5 heteroatoms. The fourth-order valence-corrected chi connectivity index (χ4v) is 2.65. The van der Waals surface area contributed by atoms with Gasteiger partial charge in [0.05, 0.1) is 11.6 Å². The summed E-state index contributed by atoms with van der Waals surface area (Å²) in [6.45, 7) is 2.18. The van der Waals surface area contributed by atoms with E-state index in [2.05, 4.69) is 21.2 Å². The van der Waals surface area contributed by atoms with Crippen LogP contribution < -0.4 is 14.8 Å². The lowest BCUT2D eigenvalue weighted by Crippen LogP contribution is -2.26. The molecule has 0 spiro atoms. The zero-order valence-electron chi connectivity index (χ0n) is 11.4. The molecule has 21 heavy (non-hydrogen) atoms. The van der Waals surface area contributed by atoms with Gasteiger partial charge in [-0.2, -0.15) is 0 Å². The first-order valence-electron chi connectivity index (χ1n) is 6.60. The Morgan fingerprint density at radius 2 is 1.95 bits per heavy atom. The highest BCUT2D eigenvalue weighted by atomic mass is 79.9. The number of ether oxygens (including phenoxy) is 2. The summed E-state index contributed by atoms with van der Waals surface area (Å²) >= 11 is 3.39. The summed E-state index contributed by atoms with van der Waals surface area (Å²) in [6, 6.07) is 12.9. The molecule has 1 heterocycles. The Balaban J connectivity index is 1.76. The van der Waals surface area contributed by atoms with Crippen molar-refractivity contribution >= 4 is 21.8 Å². The van der Waals surface area contributed by atoms with Crippen LogP contribution in [0.5, 0.6) is 11.5 Å². The summed E-state index contributed by atoms with van der Waals surface area (Å²) in [4.78, 5) is 12.3. The Kier molecular flexibility index (Phi) is 3.84. The summed E-state index contributed by atoms with van der Waals surface area (Å²) in [5, 5.41) is 2.98. The number of nitrogens with one attached hydrogen (secondary N) is 1. The number of halogens is 1. The highest BCUT2D eigenvalue weighted by Gasteiger charge is 2.18. The average Bonchev–Trinajstić information content (AvgIpc) is 2.94. The van der Waals surface area contributed by atoms with Gasteiger partial charge in [-0.1, -0.05) is 18.2 Å². The van der Waals surface area contributed by atoms with Crippen LogP contribution in [0.1, 0.15) is 28.9 Å². The smallest absolute Gasteiger partial charge is 0.252 e. The highest BCUT2D eigenvalue weighted by molar-refractivity contribution is 9.10. The van der Waals surface area contributed by atoms with Gasteiger partial charge in [-0.15, -0.1) is 0 Å². The molecule has 1 aliphatic rings.